The number of sulfonamides is 1. The third-order valence-electron chi connectivity index (χ3n) is 3.77. The highest BCUT2D eigenvalue weighted by Gasteiger charge is 2.18. The lowest BCUT2D eigenvalue weighted by atomic mass is 9.89. The summed E-state index contributed by atoms with van der Waals surface area (Å²) in [5.74, 6) is 0.692. The summed E-state index contributed by atoms with van der Waals surface area (Å²) in [5.41, 5.74) is 0.762. The van der Waals surface area contributed by atoms with Crippen LogP contribution in [0.1, 0.15) is 46.0 Å². The molecule has 0 unspecified atom stereocenters. The Hall–Kier alpha value is -0.550. The molecule has 0 saturated heterocycles. The standard InChI is InChI=1S/C12H24N2O2S/c1-10(11(2)17(13,15)16)14(3)9-12-7-5-4-6-8-12/h12H,4-9H2,1-3H3,(H2,13,15,16). The predicted octanol–water partition coefficient (Wildman–Crippen LogP) is 2.04. The molecule has 2 N–H and O–H groups in total. The van der Waals surface area contributed by atoms with Crippen molar-refractivity contribution in [2.24, 2.45) is 11.1 Å². The summed E-state index contributed by atoms with van der Waals surface area (Å²) in [6, 6.07) is 0. The molecule has 17 heavy (non-hydrogen) atoms. The summed E-state index contributed by atoms with van der Waals surface area (Å²) in [4.78, 5) is 2.30. The molecule has 5 heteroatoms. The predicted molar refractivity (Wildman–Crippen MR) is 70.7 cm³/mol. The van der Waals surface area contributed by atoms with E-state index >= 15 is 0 Å². The molecule has 0 amide bonds. The van der Waals surface area contributed by atoms with Gasteiger partial charge in [0, 0.05) is 19.3 Å². The number of allylic oxidation sites excluding steroid dienone is 2. The number of hydrogen-bond acceptors (Lipinski definition) is 3. The zero-order valence-corrected chi connectivity index (χ0v) is 11.9. The van der Waals surface area contributed by atoms with Crippen LogP contribution in [0, 0.1) is 5.92 Å². The lowest BCUT2D eigenvalue weighted by Gasteiger charge is -2.29. The second-order valence-corrected chi connectivity index (χ2v) is 6.77. The van der Waals surface area contributed by atoms with Crippen molar-refractivity contribution in [3.63, 3.8) is 0 Å². The molecule has 0 aromatic heterocycles. The maximum absolute atomic E-state index is 11.3. The van der Waals surface area contributed by atoms with Crippen LogP contribution in [0.2, 0.25) is 0 Å². The molecule has 1 aliphatic carbocycles. The molecular weight excluding hydrogens is 236 g/mol. The molecular formula is C12H24N2O2S. The molecule has 0 aromatic carbocycles. The second kappa shape index (κ2) is 5.87. The second-order valence-electron chi connectivity index (χ2n) is 5.07. The Morgan fingerprint density at radius 1 is 1.24 bits per heavy atom. The van der Waals surface area contributed by atoms with Crippen LogP contribution < -0.4 is 5.14 Å². The topological polar surface area (TPSA) is 63.4 Å². The quantitative estimate of drug-likeness (QED) is 0.841. The molecule has 0 radical (unpaired) electrons. The van der Waals surface area contributed by atoms with Crippen molar-refractivity contribution in [1.29, 1.82) is 0 Å². The molecule has 1 saturated carbocycles. The van der Waals surface area contributed by atoms with Crippen molar-refractivity contribution in [2.45, 2.75) is 46.0 Å². The first kappa shape index (κ1) is 14.5. The van der Waals surface area contributed by atoms with Gasteiger partial charge in [0.15, 0.2) is 0 Å². The van der Waals surface area contributed by atoms with Gasteiger partial charge in [-0.1, -0.05) is 19.3 Å². The minimum absolute atomic E-state index is 0.274. The smallest absolute Gasteiger partial charge is 0.235 e. The number of rotatable bonds is 4. The fourth-order valence-electron chi connectivity index (χ4n) is 2.37. The summed E-state index contributed by atoms with van der Waals surface area (Å²) in [7, 11) is -1.61. The first-order valence-electron chi connectivity index (χ1n) is 6.23. The van der Waals surface area contributed by atoms with Gasteiger partial charge < -0.3 is 4.90 Å². The summed E-state index contributed by atoms with van der Waals surface area (Å²) in [6.45, 7) is 4.32. The van der Waals surface area contributed by atoms with E-state index in [0.29, 0.717) is 5.92 Å². The van der Waals surface area contributed by atoms with Gasteiger partial charge in [0.05, 0.1) is 4.91 Å². The van der Waals surface area contributed by atoms with E-state index in [0.717, 1.165) is 12.2 Å². The first-order chi connectivity index (χ1) is 7.82. The van der Waals surface area contributed by atoms with E-state index in [4.69, 9.17) is 5.14 Å². The Morgan fingerprint density at radius 2 is 1.76 bits per heavy atom. The van der Waals surface area contributed by atoms with Crippen molar-refractivity contribution in [3.8, 4) is 0 Å². The third kappa shape index (κ3) is 4.32. The largest absolute Gasteiger partial charge is 0.377 e. The van der Waals surface area contributed by atoms with E-state index in [1.54, 1.807) is 6.92 Å². The molecule has 100 valence electrons. The van der Waals surface area contributed by atoms with Crippen LogP contribution in [-0.2, 0) is 10.0 Å². The number of hydrogen-bond donors (Lipinski definition) is 1. The Morgan fingerprint density at radius 3 is 2.24 bits per heavy atom. The van der Waals surface area contributed by atoms with Gasteiger partial charge in [-0.25, -0.2) is 13.6 Å². The van der Waals surface area contributed by atoms with Gasteiger partial charge in [0.25, 0.3) is 0 Å². The van der Waals surface area contributed by atoms with Gasteiger partial charge in [0.1, 0.15) is 0 Å². The summed E-state index contributed by atoms with van der Waals surface area (Å²) < 4.78 is 22.5. The molecule has 1 aliphatic rings. The minimum Gasteiger partial charge on any atom is -0.377 e. The monoisotopic (exact) mass is 260 g/mol. The molecule has 1 rings (SSSR count). The Labute approximate surface area is 105 Å². The highest BCUT2D eigenvalue weighted by molar-refractivity contribution is 7.93. The van der Waals surface area contributed by atoms with Crippen molar-refractivity contribution < 1.29 is 8.42 Å². The Kier molecular flexibility index (Phi) is 5.01. The first-order valence-corrected chi connectivity index (χ1v) is 7.78. The third-order valence-corrected chi connectivity index (χ3v) is 4.91. The average molecular weight is 260 g/mol. The highest BCUT2D eigenvalue weighted by atomic mass is 32.2. The molecule has 0 heterocycles. The molecule has 1 fully saturated rings. The van der Waals surface area contributed by atoms with Gasteiger partial charge in [-0.15, -0.1) is 0 Å². The van der Waals surface area contributed by atoms with E-state index in [2.05, 4.69) is 0 Å². The van der Waals surface area contributed by atoms with Crippen LogP contribution in [0.15, 0.2) is 10.6 Å². The lowest BCUT2D eigenvalue weighted by Crippen LogP contribution is -2.28. The fourth-order valence-corrected chi connectivity index (χ4v) is 2.94. The van der Waals surface area contributed by atoms with Crippen molar-refractivity contribution in [3.05, 3.63) is 10.6 Å². The van der Waals surface area contributed by atoms with Crippen LogP contribution >= 0.6 is 0 Å². The SMILES string of the molecule is CC(=C(C)S(N)(=O)=O)N(C)CC1CCCCC1. The normalized spacial score (nSPS) is 20.0. The van der Waals surface area contributed by atoms with E-state index in [9.17, 15) is 8.42 Å². The zero-order chi connectivity index (χ0) is 13.1. The van der Waals surface area contributed by atoms with E-state index in [1.165, 1.54) is 32.1 Å². The molecule has 0 aromatic rings. The lowest BCUT2D eigenvalue weighted by molar-refractivity contribution is 0.268. The molecule has 4 nitrogen and oxygen atoms in total. The maximum Gasteiger partial charge on any atom is 0.235 e. The van der Waals surface area contributed by atoms with E-state index in [1.807, 2.05) is 18.9 Å². The van der Waals surface area contributed by atoms with Crippen molar-refractivity contribution in [2.75, 3.05) is 13.6 Å². The molecule has 0 spiro atoms. The van der Waals surface area contributed by atoms with Crippen molar-refractivity contribution in [1.82, 2.24) is 4.90 Å². The number of nitrogens with zero attached hydrogens (tertiary/aromatic N) is 1. The van der Waals surface area contributed by atoms with Crippen molar-refractivity contribution >= 4 is 10.0 Å². The van der Waals surface area contributed by atoms with Gasteiger partial charge in [0.2, 0.25) is 10.0 Å². The highest BCUT2D eigenvalue weighted by Crippen LogP contribution is 2.25. The molecule has 0 aliphatic heterocycles. The Balaban J connectivity index is 2.66. The summed E-state index contributed by atoms with van der Waals surface area (Å²) in [6.07, 6.45) is 6.45. The van der Waals surface area contributed by atoms with Gasteiger partial charge in [-0.2, -0.15) is 0 Å². The maximum atomic E-state index is 11.3. The minimum atomic E-state index is -3.55. The Bertz CT molecular complexity index is 381. The van der Waals surface area contributed by atoms with Crippen LogP contribution in [0.3, 0.4) is 0 Å². The van der Waals surface area contributed by atoms with Crippen LogP contribution in [-0.4, -0.2) is 26.9 Å². The van der Waals surface area contributed by atoms with Crippen LogP contribution in [0.25, 0.3) is 0 Å². The van der Waals surface area contributed by atoms with Gasteiger partial charge in [-0.05, 0) is 32.6 Å². The van der Waals surface area contributed by atoms with E-state index in [-0.39, 0.29) is 4.91 Å². The van der Waals surface area contributed by atoms with Gasteiger partial charge >= 0.3 is 0 Å². The number of nitrogens with two attached hydrogens (primary N) is 1. The summed E-state index contributed by atoms with van der Waals surface area (Å²) >= 11 is 0. The number of primary sulfonamides is 1. The van der Waals surface area contributed by atoms with Crippen LogP contribution in [0.4, 0.5) is 0 Å². The zero-order valence-electron chi connectivity index (χ0n) is 11.1. The summed E-state index contributed by atoms with van der Waals surface area (Å²) in [5, 5.41) is 5.14. The molecule has 0 atom stereocenters. The van der Waals surface area contributed by atoms with Crippen LogP contribution in [0.5, 0.6) is 0 Å². The average Bonchev–Trinajstić information content (AvgIpc) is 2.27. The van der Waals surface area contributed by atoms with Gasteiger partial charge in [-0.3, -0.25) is 0 Å². The van der Waals surface area contributed by atoms with E-state index < -0.39 is 10.0 Å². The molecule has 0 bridgehead atoms. The fraction of sp³-hybridized carbons (Fsp3) is 0.833.